The molecule has 0 unspecified atom stereocenters. The predicted octanol–water partition coefficient (Wildman–Crippen LogP) is 6.46. The predicted molar refractivity (Wildman–Crippen MR) is 92.8 cm³/mol. The first-order valence-electron chi connectivity index (χ1n) is 7.37. The Bertz CT molecular complexity index is 769. The van der Waals surface area contributed by atoms with Crippen molar-refractivity contribution < 1.29 is 17.9 Å². The van der Waals surface area contributed by atoms with Crippen LogP contribution < -0.4 is 4.74 Å². The van der Waals surface area contributed by atoms with E-state index in [1.807, 2.05) is 24.3 Å². The molecule has 1 aliphatic heterocycles. The smallest absolute Gasteiger partial charge is 0.429 e. The lowest BCUT2D eigenvalue weighted by Crippen LogP contribution is -2.34. The molecule has 0 saturated heterocycles. The van der Waals surface area contributed by atoms with Crippen LogP contribution >= 0.6 is 23.4 Å². The van der Waals surface area contributed by atoms with Gasteiger partial charge in [-0.2, -0.15) is 13.2 Å². The number of fused-ring (bicyclic) bond motifs is 1. The number of hydrogen-bond acceptors (Lipinski definition) is 2. The van der Waals surface area contributed by atoms with E-state index in [1.165, 1.54) is 6.08 Å². The minimum absolute atomic E-state index is 0.208. The third kappa shape index (κ3) is 3.57. The highest BCUT2D eigenvalue weighted by Gasteiger charge is 2.42. The maximum atomic E-state index is 13.0. The van der Waals surface area contributed by atoms with E-state index < -0.39 is 12.3 Å². The van der Waals surface area contributed by atoms with E-state index in [4.69, 9.17) is 16.3 Å². The van der Waals surface area contributed by atoms with Crippen LogP contribution in [0.25, 0.3) is 17.2 Å². The van der Waals surface area contributed by atoms with Gasteiger partial charge in [0.15, 0.2) is 0 Å². The Morgan fingerprint density at radius 2 is 1.88 bits per heavy atom. The molecule has 0 spiro atoms. The number of halogens is 4. The van der Waals surface area contributed by atoms with Crippen molar-refractivity contribution in [1.82, 2.24) is 0 Å². The van der Waals surface area contributed by atoms with Gasteiger partial charge in [0.1, 0.15) is 5.75 Å². The zero-order chi connectivity index (χ0) is 17.3. The second-order valence-electron chi connectivity index (χ2n) is 5.27. The largest absolute Gasteiger partial charge is 0.476 e. The maximum Gasteiger partial charge on any atom is 0.429 e. The molecule has 1 heterocycles. The highest BCUT2D eigenvalue weighted by molar-refractivity contribution is 7.99. The summed E-state index contributed by atoms with van der Waals surface area (Å²) in [6.45, 7) is 2.06. The molecule has 0 amide bonds. The molecule has 1 nitrogen and oxygen atoms in total. The van der Waals surface area contributed by atoms with Gasteiger partial charge in [-0.25, -0.2) is 0 Å². The first-order valence-corrected chi connectivity index (χ1v) is 8.73. The topological polar surface area (TPSA) is 9.23 Å². The van der Waals surface area contributed by atoms with Crippen LogP contribution in [0.3, 0.4) is 0 Å². The van der Waals surface area contributed by atoms with Crippen molar-refractivity contribution in [2.75, 3.05) is 5.75 Å². The van der Waals surface area contributed by atoms with Crippen molar-refractivity contribution in [3.05, 3.63) is 53.1 Å². The summed E-state index contributed by atoms with van der Waals surface area (Å²) in [6, 6.07) is 10.9. The standard InChI is InChI=1S/C18H14ClF3OS/c1-2-24-14-6-3-11(4-7-14)15-10-13(19)9-12-5-8-16(18(20,21)22)23-17(12)15/h3-10,16H,2H2,1H3/t16-/m0/s1. The van der Waals surface area contributed by atoms with Gasteiger partial charge in [0.05, 0.1) is 0 Å². The highest BCUT2D eigenvalue weighted by Crippen LogP contribution is 2.42. The fourth-order valence-electron chi connectivity index (χ4n) is 2.52. The van der Waals surface area contributed by atoms with Gasteiger partial charge in [-0.05, 0) is 41.7 Å². The van der Waals surface area contributed by atoms with E-state index in [0.29, 0.717) is 16.1 Å². The SMILES string of the molecule is CCSc1ccc(-c2cc(Cl)cc3c2O[C@H](C(F)(F)F)C=C3)cc1. The van der Waals surface area contributed by atoms with E-state index in [-0.39, 0.29) is 5.75 Å². The van der Waals surface area contributed by atoms with Crippen molar-refractivity contribution in [3.63, 3.8) is 0 Å². The molecular formula is C18H14ClF3OS. The van der Waals surface area contributed by atoms with Crippen molar-refractivity contribution in [1.29, 1.82) is 0 Å². The van der Waals surface area contributed by atoms with Crippen LogP contribution in [0.15, 0.2) is 47.4 Å². The first-order chi connectivity index (χ1) is 11.4. The van der Waals surface area contributed by atoms with Crippen LogP contribution in [-0.4, -0.2) is 18.0 Å². The molecule has 0 aromatic heterocycles. The molecule has 24 heavy (non-hydrogen) atoms. The normalized spacial score (nSPS) is 16.6. The molecule has 0 N–H and O–H groups in total. The lowest BCUT2D eigenvalue weighted by Gasteiger charge is -2.25. The molecule has 3 rings (SSSR count). The first kappa shape index (κ1) is 17.2. The molecule has 2 aromatic rings. The third-order valence-corrected chi connectivity index (χ3v) is 4.69. The molecule has 1 aliphatic rings. The number of hydrogen-bond donors (Lipinski definition) is 0. The fourth-order valence-corrected chi connectivity index (χ4v) is 3.40. The van der Waals surface area contributed by atoms with Crippen LogP contribution in [0.2, 0.25) is 5.02 Å². The summed E-state index contributed by atoms with van der Waals surface area (Å²) < 4.78 is 44.2. The summed E-state index contributed by atoms with van der Waals surface area (Å²) >= 11 is 7.82. The summed E-state index contributed by atoms with van der Waals surface area (Å²) in [6.07, 6.45) is -3.98. The maximum absolute atomic E-state index is 13.0. The number of ether oxygens (including phenoxy) is 1. The minimum atomic E-state index is -4.45. The summed E-state index contributed by atoms with van der Waals surface area (Å²) in [4.78, 5) is 1.10. The Morgan fingerprint density at radius 3 is 2.50 bits per heavy atom. The van der Waals surface area contributed by atoms with Gasteiger partial charge in [0, 0.05) is 21.0 Å². The molecule has 2 aromatic carbocycles. The number of thioether (sulfide) groups is 1. The second-order valence-corrected chi connectivity index (χ2v) is 7.04. The van der Waals surface area contributed by atoms with Gasteiger partial charge in [0.25, 0.3) is 0 Å². The quantitative estimate of drug-likeness (QED) is 0.574. The van der Waals surface area contributed by atoms with Crippen LogP contribution in [0.4, 0.5) is 13.2 Å². The molecule has 1 atom stereocenters. The van der Waals surface area contributed by atoms with Crippen molar-refractivity contribution in [2.45, 2.75) is 24.1 Å². The summed E-state index contributed by atoms with van der Waals surface area (Å²) in [5.74, 6) is 1.16. The second kappa shape index (κ2) is 6.73. The molecular weight excluding hydrogens is 357 g/mol. The van der Waals surface area contributed by atoms with Gasteiger partial charge >= 0.3 is 6.18 Å². The lowest BCUT2D eigenvalue weighted by molar-refractivity contribution is -0.180. The lowest BCUT2D eigenvalue weighted by atomic mass is 9.99. The Kier molecular flexibility index (Phi) is 4.83. The monoisotopic (exact) mass is 370 g/mol. The average Bonchev–Trinajstić information content (AvgIpc) is 2.54. The van der Waals surface area contributed by atoms with Gasteiger partial charge in [-0.3, -0.25) is 0 Å². The van der Waals surface area contributed by atoms with Gasteiger partial charge < -0.3 is 4.74 Å². The zero-order valence-electron chi connectivity index (χ0n) is 12.7. The van der Waals surface area contributed by atoms with Gasteiger partial charge in [-0.15, -0.1) is 11.8 Å². The molecule has 0 saturated carbocycles. The molecule has 0 fully saturated rings. The van der Waals surface area contributed by atoms with E-state index in [1.54, 1.807) is 23.9 Å². The van der Waals surface area contributed by atoms with Crippen LogP contribution in [0.5, 0.6) is 5.75 Å². The minimum Gasteiger partial charge on any atom is -0.476 e. The number of alkyl halides is 3. The summed E-state index contributed by atoms with van der Waals surface area (Å²) in [5, 5.41) is 0.453. The molecule has 0 radical (unpaired) electrons. The Labute approximate surface area is 147 Å². The molecule has 0 bridgehead atoms. The van der Waals surface area contributed by atoms with E-state index in [2.05, 4.69) is 6.92 Å². The number of rotatable bonds is 3. The summed E-state index contributed by atoms with van der Waals surface area (Å²) in [5.41, 5.74) is 1.87. The Morgan fingerprint density at radius 1 is 1.17 bits per heavy atom. The van der Waals surface area contributed by atoms with E-state index in [9.17, 15) is 13.2 Å². The summed E-state index contributed by atoms with van der Waals surface area (Å²) in [7, 11) is 0. The van der Waals surface area contributed by atoms with Crippen LogP contribution in [0, 0.1) is 0 Å². The van der Waals surface area contributed by atoms with Crippen molar-refractivity contribution in [2.24, 2.45) is 0 Å². The van der Waals surface area contributed by atoms with Crippen LogP contribution in [-0.2, 0) is 0 Å². The molecule has 6 heteroatoms. The number of benzene rings is 2. The van der Waals surface area contributed by atoms with Crippen LogP contribution in [0.1, 0.15) is 12.5 Å². The van der Waals surface area contributed by atoms with E-state index >= 15 is 0 Å². The zero-order valence-corrected chi connectivity index (χ0v) is 14.3. The van der Waals surface area contributed by atoms with Crippen molar-refractivity contribution >= 4 is 29.4 Å². The molecule has 126 valence electrons. The molecule has 0 aliphatic carbocycles. The third-order valence-electron chi connectivity index (χ3n) is 3.58. The van der Waals surface area contributed by atoms with Gasteiger partial charge in [0.2, 0.25) is 6.10 Å². The van der Waals surface area contributed by atoms with E-state index in [0.717, 1.165) is 22.3 Å². The van der Waals surface area contributed by atoms with Gasteiger partial charge in [-0.1, -0.05) is 36.7 Å². The highest BCUT2D eigenvalue weighted by atomic mass is 35.5. The average molecular weight is 371 g/mol. The Balaban J connectivity index is 2.03. The Hall–Kier alpha value is -1.59. The van der Waals surface area contributed by atoms with Crippen molar-refractivity contribution in [3.8, 4) is 16.9 Å². The fraction of sp³-hybridized carbons (Fsp3) is 0.222.